The van der Waals surface area contributed by atoms with E-state index in [1.165, 1.54) is 12.3 Å². The molecule has 0 aliphatic rings. The highest BCUT2D eigenvalue weighted by atomic mass is 16.4. The summed E-state index contributed by atoms with van der Waals surface area (Å²) in [4.78, 5) is 23.2. The zero-order chi connectivity index (χ0) is 15.0. The van der Waals surface area contributed by atoms with E-state index in [0.29, 0.717) is 12.2 Å². The molecule has 3 rings (SSSR count). The third-order valence-corrected chi connectivity index (χ3v) is 3.14. The van der Waals surface area contributed by atoms with Crippen LogP contribution in [0.1, 0.15) is 15.9 Å². The van der Waals surface area contributed by atoms with E-state index < -0.39 is 11.5 Å². The van der Waals surface area contributed by atoms with E-state index in [9.17, 15) is 9.59 Å². The van der Waals surface area contributed by atoms with Crippen LogP contribution < -0.4 is 11.3 Å². The summed E-state index contributed by atoms with van der Waals surface area (Å²) in [5, 5.41) is 13.0. The fourth-order valence-corrected chi connectivity index (χ4v) is 2.19. The first-order chi connectivity index (χ1) is 10.1. The third-order valence-electron chi connectivity index (χ3n) is 3.14. The van der Waals surface area contributed by atoms with Gasteiger partial charge in [-0.25, -0.2) is 4.79 Å². The first-order valence-corrected chi connectivity index (χ1v) is 6.22. The van der Waals surface area contributed by atoms with Gasteiger partial charge in [0.15, 0.2) is 0 Å². The smallest absolute Gasteiger partial charge is 0.342 e. The molecule has 1 aromatic carbocycles. The Morgan fingerprint density at radius 3 is 2.67 bits per heavy atom. The molecular formula is C14H12N4O3. The van der Waals surface area contributed by atoms with Crippen LogP contribution in [0, 0.1) is 0 Å². The summed E-state index contributed by atoms with van der Waals surface area (Å²) in [6.07, 6.45) is 1.31. The SMILES string of the molecule is Nc1cc2n(Cc3ccccc3)cc(C(=O)O)c(=O)n2n1. The molecule has 0 fully saturated rings. The van der Waals surface area contributed by atoms with Gasteiger partial charge < -0.3 is 15.4 Å². The minimum absolute atomic E-state index is 0.163. The second kappa shape index (κ2) is 4.78. The molecule has 0 saturated carbocycles. The summed E-state index contributed by atoms with van der Waals surface area (Å²) in [6, 6.07) is 11.0. The molecule has 0 aliphatic heterocycles. The molecule has 7 heteroatoms. The number of nitrogen functional groups attached to an aromatic ring is 1. The molecule has 3 aromatic rings. The fraction of sp³-hybridized carbons (Fsp3) is 0.0714. The molecule has 0 saturated heterocycles. The predicted molar refractivity (Wildman–Crippen MR) is 76.4 cm³/mol. The van der Waals surface area contributed by atoms with Crippen molar-refractivity contribution in [2.24, 2.45) is 0 Å². The van der Waals surface area contributed by atoms with Gasteiger partial charge >= 0.3 is 5.97 Å². The van der Waals surface area contributed by atoms with Crippen LogP contribution in [0.5, 0.6) is 0 Å². The quantitative estimate of drug-likeness (QED) is 0.741. The monoisotopic (exact) mass is 284 g/mol. The Hall–Kier alpha value is -3.09. The number of hydrogen-bond donors (Lipinski definition) is 2. The van der Waals surface area contributed by atoms with Crippen molar-refractivity contribution in [3.8, 4) is 0 Å². The van der Waals surface area contributed by atoms with Crippen LogP contribution in [-0.2, 0) is 6.54 Å². The van der Waals surface area contributed by atoms with Gasteiger partial charge in [-0.05, 0) is 5.56 Å². The lowest BCUT2D eigenvalue weighted by molar-refractivity contribution is 0.0693. The molecule has 106 valence electrons. The Kier molecular flexibility index (Phi) is 2.94. The van der Waals surface area contributed by atoms with Crippen LogP contribution in [0.25, 0.3) is 5.65 Å². The van der Waals surface area contributed by atoms with Crippen LogP contribution in [0.3, 0.4) is 0 Å². The topological polar surface area (TPSA) is 103 Å². The van der Waals surface area contributed by atoms with Gasteiger partial charge in [-0.15, -0.1) is 5.10 Å². The van der Waals surface area contributed by atoms with Crippen molar-refractivity contribution in [2.75, 3.05) is 5.73 Å². The van der Waals surface area contributed by atoms with E-state index >= 15 is 0 Å². The second-order valence-electron chi connectivity index (χ2n) is 4.61. The molecule has 0 aliphatic carbocycles. The number of nitrogens with zero attached hydrogens (tertiary/aromatic N) is 3. The lowest BCUT2D eigenvalue weighted by atomic mass is 10.2. The fourth-order valence-electron chi connectivity index (χ4n) is 2.19. The van der Waals surface area contributed by atoms with Crippen LogP contribution in [0.2, 0.25) is 0 Å². The van der Waals surface area contributed by atoms with Crippen molar-refractivity contribution in [1.29, 1.82) is 0 Å². The molecule has 0 amide bonds. The average molecular weight is 284 g/mol. The molecule has 0 bridgehead atoms. The molecule has 0 spiro atoms. The summed E-state index contributed by atoms with van der Waals surface area (Å²) in [6.45, 7) is 0.413. The van der Waals surface area contributed by atoms with E-state index in [4.69, 9.17) is 10.8 Å². The van der Waals surface area contributed by atoms with E-state index in [-0.39, 0.29) is 11.4 Å². The molecular weight excluding hydrogens is 272 g/mol. The van der Waals surface area contributed by atoms with Crippen molar-refractivity contribution in [2.45, 2.75) is 6.54 Å². The average Bonchev–Trinajstić information content (AvgIpc) is 2.85. The summed E-state index contributed by atoms with van der Waals surface area (Å²) in [5.41, 5.74) is 6.00. The van der Waals surface area contributed by atoms with Crippen molar-refractivity contribution < 1.29 is 9.90 Å². The molecule has 2 aromatic heterocycles. The number of nitrogens with two attached hydrogens (primary N) is 1. The van der Waals surface area contributed by atoms with Gasteiger partial charge in [0.2, 0.25) is 0 Å². The molecule has 7 nitrogen and oxygen atoms in total. The standard InChI is InChI=1S/C14H12N4O3/c15-11-6-12-17(7-9-4-2-1-3-5-9)8-10(14(20)21)13(19)18(12)16-11/h1-6,8H,7H2,(H2,15,16)(H,20,21). The number of anilines is 1. The number of carboxylic acids is 1. The minimum atomic E-state index is -1.29. The number of aromatic carboxylic acids is 1. The number of benzene rings is 1. The Labute approximate surface area is 118 Å². The van der Waals surface area contributed by atoms with Gasteiger partial charge in [-0.1, -0.05) is 30.3 Å². The first kappa shape index (κ1) is 12.9. The Balaban J connectivity index is 2.23. The molecule has 0 atom stereocenters. The Morgan fingerprint density at radius 2 is 2.00 bits per heavy atom. The van der Waals surface area contributed by atoms with E-state index in [0.717, 1.165) is 10.1 Å². The number of aromatic nitrogens is 3. The molecule has 21 heavy (non-hydrogen) atoms. The molecule has 3 N–H and O–H groups in total. The number of rotatable bonds is 3. The number of fused-ring (bicyclic) bond motifs is 1. The van der Waals surface area contributed by atoms with Gasteiger partial charge in [-0.3, -0.25) is 4.79 Å². The van der Waals surface area contributed by atoms with E-state index in [2.05, 4.69) is 5.10 Å². The Morgan fingerprint density at radius 1 is 1.29 bits per heavy atom. The highest BCUT2D eigenvalue weighted by Crippen LogP contribution is 2.11. The van der Waals surface area contributed by atoms with Crippen LogP contribution >= 0.6 is 0 Å². The Bertz CT molecular complexity index is 880. The number of carbonyl (C=O) groups is 1. The van der Waals surface area contributed by atoms with E-state index in [1.54, 1.807) is 4.57 Å². The maximum atomic E-state index is 12.0. The van der Waals surface area contributed by atoms with Crippen LogP contribution in [0.4, 0.5) is 5.82 Å². The minimum Gasteiger partial charge on any atom is -0.477 e. The maximum Gasteiger partial charge on any atom is 0.342 e. The zero-order valence-corrected chi connectivity index (χ0v) is 10.9. The number of hydrogen-bond acceptors (Lipinski definition) is 4. The third kappa shape index (κ3) is 2.25. The summed E-state index contributed by atoms with van der Waals surface area (Å²) >= 11 is 0. The largest absolute Gasteiger partial charge is 0.477 e. The van der Waals surface area contributed by atoms with Gasteiger partial charge in [0, 0.05) is 18.8 Å². The van der Waals surface area contributed by atoms with Gasteiger partial charge in [-0.2, -0.15) is 4.52 Å². The van der Waals surface area contributed by atoms with E-state index in [1.807, 2.05) is 30.3 Å². The maximum absolute atomic E-state index is 12.0. The first-order valence-electron chi connectivity index (χ1n) is 6.22. The van der Waals surface area contributed by atoms with Gasteiger partial charge in [0.25, 0.3) is 5.56 Å². The molecule has 2 heterocycles. The number of carboxylic acid groups (broad SMARTS) is 1. The lowest BCUT2D eigenvalue weighted by Gasteiger charge is -2.10. The second-order valence-corrected chi connectivity index (χ2v) is 4.61. The van der Waals surface area contributed by atoms with Crippen molar-refractivity contribution in [3.63, 3.8) is 0 Å². The molecule has 0 radical (unpaired) electrons. The zero-order valence-electron chi connectivity index (χ0n) is 10.9. The highest BCUT2D eigenvalue weighted by molar-refractivity contribution is 5.87. The van der Waals surface area contributed by atoms with Crippen molar-refractivity contribution in [3.05, 3.63) is 64.1 Å². The summed E-state index contributed by atoms with van der Waals surface area (Å²) < 4.78 is 2.66. The van der Waals surface area contributed by atoms with Crippen LogP contribution in [0.15, 0.2) is 47.4 Å². The predicted octanol–water partition coefficient (Wildman–Crippen LogP) is 0.825. The van der Waals surface area contributed by atoms with Gasteiger partial charge in [0.1, 0.15) is 17.0 Å². The normalized spacial score (nSPS) is 10.9. The molecule has 0 unspecified atom stereocenters. The lowest BCUT2D eigenvalue weighted by Crippen LogP contribution is -2.26. The summed E-state index contributed by atoms with van der Waals surface area (Å²) in [5.74, 6) is -1.13. The van der Waals surface area contributed by atoms with Crippen molar-refractivity contribution >= 4 is 17.4 Å². The van der Waals surface area contributed by atoms with Crippen LogP contribution in [-0.4, -0.2) is 25.3 Å². The van der Waals surface area contributed by atoms with Crippen molar-refractivity contribution in [1.82, 2.24) is 14.2 Å². The highest BCUT2D eigenvalue weighted by Gasteiger charge is 2.16. The van der Waals surface area contributed by atoms with Gasteiger partial charge in [0.05, 0.1) is 0 Å². The summed E-state index contributed by atoms with van der Waals surface area (Å²) in [7, 11) is 0.